The average molecular weight is 277 g/mol. The van der Waals surface area contributed by atoms with E-state index in [0.717, 1.165) is 24.5 Å². The number of halogens is 1. The normalized spacial score (nSPS) is 12.6. The number of hydrogen-bond acceptors (Lipinski definition) is 1. The van der Waals surface area contributed by atoms with Crippen molar-refractivity contribution in [2.24, 2.45) is 0 Å². The smallest absolute Gasteiger partial charge is 0.0409 e. The minimum absolute atomic E-state index is 0.295. The van der Waals surface area contributed by atoms with Gasteiger partial charge in [0.2, 0.25) is 0 Å². The zero-order chi connectivity index (χ0) is 13.7. The van der Waals surface area contributed by atoms with Crippen molar-refractivity contribution in [3.05, 3.63) is 58.9 Å². The quantitative estimate of drug-likeness (QED) is 0.827. The molecule has 0 amide bonds. The lowest BCUT2D eigenvalue weighted by molar-refractivity contribution is 0.542. The first kappa shape index (κ1) is 14.2. The molecule has 2 rings (SSSR count). The summed E-state index contributed by atoms with van der Waals surface area (Å²) in [5.41, 5.74) is 2.55. The van der Waals surface area contributed by atoms with Gasteiger partial charge in [0.05, 0.1) is 0 Å². The minimum Gasteiger partial charge on any atom is -0.350 e. The molecular weight excluding hydrogens is 256 g/mol. The number of aryl methyl sites for hydroxylation is 1. The summed E-state index contributed by atoms with van der Waals surface area (Å²) in [5, 5.41) is 4.34. The summed E-state index contributed by atoms with van der Waals surface area (Å²) in [7, 11) is 0. The Bertz CT molecular complexity index is 519. The van der Waals surface area contributed by atoms with Gasteiger partial charge in [0.15, 0.2) is 0 Å². The number of benzene rings is 1. The van der Waals surface area contributed by atoms with Crippen LogP contribution in [0.4, 0.5) is 0 Å². The third kappa shape index (κ3) is 3.85. The van der Waals surface area contributed by atoms with E-state index in [9.17, 15) is 0 Å². The summed E-state index contributed by atoms with van der Waals surface area (Å²) in [6, 6.07) is 12.6. The molecule has 0 radical (unpaired) electrons. The summed E-state index contributed by atoms with van der Waals surface area (Å²) in [6.07, 6.45) is 3.30. The topological polar surface area (TPSA) is 17.0 Å². The van der Waals surface area contributed by atoms with E-state index in [1.165, 1.54) is 11.3 Å². The summed E-state index contributed by atoms with van der Waals surface area (Å²) < 4.78 is 2.30. The van der Waals surface area contributed by atoms with Crippen LogP contribution in [0, 0.1) is 0 Å². The van der Waals surface area contributed by atoms with Crippen LogP contribution < -0.4 is 5.32 Å². The SMILES string of the molecule is CCCn1cccc1CNC(C)c1cccc(Cl)c1. The second-order valence-corrected chi connectivity index (χ2v) is 5.29. The summed E-state index contributed by atoms with van der Waals surface area (Å²) in [4.78, 5) is 0. The molecule has 0 fully saturated rings. The van der Waals surface area contributed by atoms with Crippen LogP contribution in [0.25, 0.3) is 0 Å². The van der Waals surface area contributed by atoms with E-state index in [0.29, 0.717) is 6.04 Å². The van der Waals surface area contributed by atoms with Crippen LogP contribution in [0.3, 0.4) is 0 Å². The predicted molar refractivity (Wildman–Crippen MR) is 81.4 cm³/mol. The van der Waals surface area contributed by atoms with Crippen molar-refractivity contribution in [2.75, 3.05) is 0 Å². The fourth-order valence-electron chi connectivity index (χ4n) is 2.22. The minimum atomic E-state index is 0.295. The largest absolute Gasteiger partial charge is 0.350 e. The third-order valence-electron chi connectivity index (χ3n) is 3.33. The molecule has 3 heteroatoms. The highest BCUT2D eigenvalue weighted by Gasteiger charge is 2.06. The van der Waals surface area contributed by atoms with Crippen LogP contribution in [0.5, 0.6) is 0 Å². The van der Waals surface area contributed by atoms with Gasteiger partial charge in [-0.05, 0) is 43.2 Å². The van der Waals surface area contributed by atoms with E-state index in [2.05, 4.69) is 48.1 Å². The molecule has 1 aromatic carbocycles. The van der Waals surface area contributed by atoms with Crippen molar-refractivity contribution in [3.8, 4) is 0 Å². The van der Waals surface area contributed by atoms with Gasteiger partial charge in [0.1, 0.15) is 0 Å². The van der Waals surface area contributed by atoms with Crippen LogP contribution in [-0.2, 0) is 13.1 Å². The predicted octanol–water partition coefficient (Wildman–Crippen LogP) is 4.40. The van der Waals surface area contributed by atoms with Gasteiger partial charge >= 0.3 is 0 Å². The van der Waals surface area contributed by atoms with Gasteiger partial charge in [-0.25, -0.2) is 0 Å². The molecule has 0 saturated heterocycles. The van der Waals surface area contributed by atoms with E-state index in [4.69, 9.17) is 11.6 Å². The Kier molecular flexibility index (Phi) is 5.06. The maximum atomic E-state index is 6.02. The number of rotatable bonds is 6. The Balaban J connectivity index is 1.96. The van der Waals surface area contributed by atoms with Crippen LogP contribution in [0.1, 0.15) is 37.6 Å². The van der Waals surface area contributed by atoms with Crippen LogP contribution in [0.15, 0.2) is 42.6 Å². The summed E-state index contributed by atoms with van der Waals surface area (Å²) in [6.45, 7) is 6.32. The third-order valence-corrected chi connectivity index (χ3v) is 3.56. The fourth-order valence-corrected chi connectivity index (χ4v) is 2.42. The molecule has 1 aromatic heterocycles. The molecular formula is C16H21ClN2. The Morgan fingerprint density at radius 3 is 2.84 bits per heavy atom. The monoisotopic (exact) mass is 276 g/mol. The second-order valence-electron chi connectivity index (χ2n) is 4.85. The first-order chi connectivity index (χ1) is 9.20. The molecule has 0 spiro atoms. The maximum Gasteiger partial charge on any atom is 0.0409 e. The zero-order valence-corrected chi connectivity index (χ0v) is 12.3. The van der Waals surface area contributed by atoms with Crippen LogP contribution >= 0.6 is 11.6 Å². The highest BCUT2D eigenvalue weighted by molar-refractivity contribution is 6.30. The van der Waals surface area contributed by atoms with Gasteiger partial charge in [-0.15, -0.1) is 0 Å². The second kappa shape index (κ2) is 6.78. The molecule has 19 heavy (non-hydrogen) atoms. The lowest BCUT2D eigenvalue weighted by atomic mass is 10.1. The van der Waals surface area contributed by atoms with Gasteiger partial charge in [0, 0.05) is 36.0 Å². The van der Waals surface area contributed by atoms with Crippen LogP contribution in [-0.4, -0.2) is 4.57 Å². The Labute approximate surface area is 120 Å². The fraction of sp³-hybridized carbons (Fsp3) is 0.375. The van der Waals surface area contributed by atoms with Gasteiger partial charge in [-0.1, -0.05) is 30.7 Å². The Morgan fingerprint density at radius 2 is 2.11 bits per heavy atom. The van der Waals surface area contributed by atoms with Gasteiger partial charge < -0.3 is 9.88 Å². The molecule has 0 aliphatic rings. The Morgan fingerprint density at radius 1 is 1.26 bits per heavy atom. The first-order valence-electron chi connectivity index (χ1n) is 6.83. The number of nitrogens with zero attached hydrogens (tertiary/aromatic N) is 1. The number of hydrogen-bond donors (Lipinski definition) is 1. The van der Waals surface area contributed by atoms with Crippen molar-refractivity contribution < 1.29 is 0 Å². The van der Waals surface area contributed by atoms with E-state index in [1.54, 1.807) is 0 Å². The van der Waals surface area contributed by atoms with Crippen molar-refractivity contribution in [1.82, 2.24) is 9.88 Å². The van der Waals surface area contributed by atoms with Crippen molar-refractivity contribution in [1.29, 1.82) is 0 Å². The van der Waals surface area contributed by atoms with E-state index in [1.807, 2.05) is 18.2 Å². The molecule has 0 saturated carbocycles. The van der Waals surface area contributed by atoms with Gasteiger partial charge in [-0.3, -0.25) is 0 Å². The zero-order valence-electron chi connectivity index (χ0n) is 11.6. The standard InChI is InChI=1S/C16H21ClN2/c1-3-9-19-10-5-8-16(19)12-18-13(2)14-6-4-7-15(17)11-14/h4-8,10-11,13,18H,3,9,12H2,1-2H3. The molecule has 2 aromatic rings. The van der Waals surface area contributed by atoms with Crippen molar-refractivity contribution >= 4 is 11.6 Å². The highest BCUT2D eigenvalue weighted by Crippen LogP contribution is 2.17. The molecule has 0 bridgehead atoms. The van der Waals surface area contributed by atoms with Crippen molar-refractivity contribution in [2.45, 2.75) is 39.4 Å². The molecule has 0 aliphatic carbocycles. The summed E-state index contributed by atoms with van der Waals surface area (Å²) >= 11 is 6.02. The highest BCUT2D eigenvalue weighted by atomic mass is 35.5. The number of nitrogens with one attached hydrogen (secondary N) is 1. The first-order valence-corrected chi connectivity index (χ1v) is 7.21. The molecule has 1 heterocycles. The molecule has 102 valence electrons. The molecule has 1 atom stereocenters. The lowest BCUT2D eigenvalue weighted by Gasteiger charge is -2.16. The van der Waals surface area contributed by atoms with Gasteiger partial charge in [-0.2, -0.15) is 0 Å². The van der Waals surface area contributed by atoms with E-state index < -0.39 is 0 Å². The molecule has 2 nitrogen and oxygen atoms in total. The molecule has 1 unspecified atom stereocenters. The molecule has 1 N–H and O–H groups in total. The van der Waals surface area contributed by atoms with Crippen molar-refractivity contribution in [3.63, 3.8) is 0 Å². The number of aromatic nitrogens is 1. The average Bonchev–Trinajstić information content (AvgIpc) is 2.84. The summed E-state index contributed by atoms with van der Waals surface area (Å²) in [5.74, 6) is 0. The lowest BCUT2D eigenvalue weighted by Crippen LogP contribution is -2.20. The van der Waals surface area contributed by atoms with Gasteiger partial charge in [0.25, 0.3) is 0 Å². The van der Waals surface area contributed by atoms with Crippen LogP contribution in [0.2, 0.25) is 5.02 Å². The Hall–Kier alpha value is -1.25. The maximum absolute atomic E-state index is 6.02. The van der Waals surface area contributed by atoms with E-state index >= 15 is 0 Å². The van der Waals surface area contributed by atoms with E-state index in [-0.39, 0.29) is 0 Å². The molecule has 0 aliphatic heterocycles.